The first-order valence-electron chi connectivity index (χ1n) is 9.99. The number of fused-ring (bicyclic) bond motifs is 2. The molecule has 0 saturated heterocycles. The van der Waals surface area contributed by atoms with Gasteiger partial charge in [0.2, 0.25) is 5.95 Å². The second-order valence-electron chi connectivity index (χ2n) is 7.63. The molecular formula is C25H21N5O. The highest BCUT2D eigenvalue weighted by atomic mass is 16.1. The van der Waals surface area contributed by atoms with Gasteiger partial charge in [-0.3, -0.25) is 4.79 Å². The van der Waals surface area contributed by atoms with Crippen LogP contribution < -0.4 is 11.1 Å². The summed E-state index contributed by atoms with van der Waals surface area (Å²) < 4.78 is 1.91. The molecule has 0 spiro atoms. The molecule has 0 saturated carbocycles. The number of hydrogen-bond donors (Lipinski definition) is 2. The molecule has 31 heavy (non-hydrogen) atoms. The van der Waals surface area contributed by atoms with Crippen molar-refractivity contribution in [3.05, 3.63) is 84.2 Å². The number of nitrogen functional groups attached to an aromatic ring is 1. The fraction of sp³-hybridized carbons (Fsp3) is 0.0800. The van der Waals surface area contributed by atoms with E-state index in [2.05, 4.69) is 22.2 Å². The lowest BCUT2D eigenvalue weighted by Crippen LogP contribution is -2.15. The van der Waals surface area contributed by atoms with Gasteiger partial charge in [0, 0.05) is 35.2 Å². The number of amides is 1. The predicted molar refractivity (Wildman–Crippen MR) is 125 cm³/mol. The van der Waals surface area contributed by atoms with E-state index < -0.39 is 0 Å². The Hall–Kier alpha value is -4.19. The molecule has 5 rings (SSSR count). The van der Waals surface area contributed by atoms with E-state index in [1.807, 2.05) is 78.3 Å². The fourth-order valence-corrected chi connectivity index (χ4v) is 3.93. The van der Waals surface area contributed by atoms with Crippen molar-refractivity contribution in [2.75, 3.05) is 11.1 Å². The van der Waals surface area contributed by atoms with Crippen LogP contribution in [-0.4, -0.2) is 20.4 Å². The lowest BCUT2D eigenvalue weighted by molar-refractivity contribution is 0.102. The molecule has 0 fully saturated rings. The molecule has 5 aromatic rings. The van der Waals surface area contributed by atoms with Gasteiger partial charge >= 0.3 is 0 Å². The van der Waals surface area contributed by atoms with E-state index in [0.717, 1.165) is 44.2 Å². The quantitative estimate of drug-likeness (QED) is 0.444. The van der Waals surface area contributed by atoms with Crippen molar-refractivity contribution in [1.29, 1.82) is 0 Å². The lowest BCUT2D eigenvalue weighted by Gasteiger charge is -2.12. The maximum absolute atomic E-state index is 13.0. The summed E-state index contributed by atoms with van der Waals surface area (Å²) in [7, 11) is 1.90. The number of nitrogens with zero attached hydrogens (tertiary/aromatic N) is 3. The smallest absolute Gasteiger partial charge is 0.272 e. The van der Waals surface area contributed by atoms with Crippen LogP contribution >= 0.6 is 0 Å². The maximum Gasteiger partial charge on any atom is 0.272 e. The minimum absolute atomic E-state index is 0.143. The average Bonchev–Trinajstić information content (AvgIpc) is 3.11. The number of benzene rings is 3. The normalized spacial score (nSPS) is 11.2. The molecule has 3 N–H and O–H groups in total. The minimum Gasteiger partial charge on any atom is -0.368 e. The Morgan fingerprint density at radius 2 is 1.84 bits per heavy atom. The molecule has 0 unspecified atom stereocenters. The van der Waals surface area contributed by atoms with Crippen molar-refractivity contribution in [2.45, 2.75) is 6.92 Å². The third-order valence-corrected chi connectivity index (χ3v) is 5.59. The molecule has 0 radical (unpaired) electrons. The van der Waals surface area contributed by atoms with E-state index in [0.29, 0.717) is 5.69 Å². The van der Waals surface area contributed by atoms with E-state index in [1.165, 1.54) is 0 Å². The summed E-state index contributed by atoms with van der Waals surface area (Å²) in [5.74, 6) is 0.116. The molecule has 0 bridgehead atoms. The monoisotopic (exact) mass is 407 g/mol. The number of anilines is 2. The Bertz CT molecular complexity index is 1470. The van der Waals surface area contributed by atoms with Gasteiger partial charge in [-0.25, -0.2) is 9.97 Å². The van der Waals surface area contributed by atoms with Crippen LogP contribution in [0.5, 0.6) is 0 Å². The summed E-state index contributed by atoms with van der Waals surface area (Å²) in [5.41, 5.74) is 12.0. The number of hydrogen-bond acceptors (Lipinski definition) is 4. The highest BCUT2D eigenvalue weighted by Crippen LogP contribution is 2.29. The molecule has 0 aliphatic carbocycles. The van der Waals surface area contributed by atoms with Crippen LogP contribution in [0.2, 0.25) is 0 Å². The number of carbonyl (C=O) groups excluding carboxylic acids is 1. The van der Waals surface area contributed by atoms with E-state index >= 15 is 0 Å². The number of aryl methyl sites for hydroxylation is 2. The Morgan fingerprint density at radius 3 is 2.68 bits per heavy atom. The molecule has 0 aliphatic rings. The fourth-order valence-electron chi connectivity index (χ4n) is 3.93. The molecule has 0 aliphatic heterocycles. The maximum atomic E-state index is 13.0. The van der Waals surface area contributed by atoms with Crippen LogP contribution in [0.1, 0.15) is 16.1 Å². The first kappa shape index (κ1) is 18.8. The summed E-state index contributed by atoms with van der Waals surface area (Å²) in [6, 6.07) is 21.8. The Kier molecular flexibility index (Phi) is 4.40. The SMILES string of the molecule is Cc1ccc(NC(=O)c2cc3ccccc3n2C)cc1-c1ccc2nc(N)ncc2c1. The van der Waals surface area contributed by atoms with Crippen molar-refractivity contribution in [2.24, 2.45) is 7.05 Å². The van der Waals surface area contributed by atoms with Gasteiger partial charge in [-0.2, -0.15) is 0 Å². The summed E-state index contributed by atoms with van der Waals surface area (Å²) in [6.45, 7) is 2.05. The van der Waals surface area contributed by atoms with Crippen molar-refractivity contribution in [3.63, 3.8) is 0 Å². The van der Waals surface area contributed by atoms with Gasteiger partial charge in [-0.1, -0.05) is 30.3 Å². The number of para-hydroxylation sites is 1. The molecule has 6 heteroatoms. The summed E-state index contributed by atoms with van der Waals surface area (Å²) in [5, 5.41) is 4.99. The first-order valence-corrected chi connectivity index (χ1v) is 9.99. The van der Waals surface area contributed by atoms with Gasteiger partial charge in [0.15, 0.2) is 0 Å². The van der Waals surface area contributed by atoms with Gasteiger partial charge in [0.05, 0.1) is 5.52 Å². The molecular weight excluding hydrogens is 386 g/mol. The third kappa shape index (κ3) is 3.38. The van der Waals surface area contributed by atoms with Crippen molar-refractivity contribution < 1.29 is 4.79 Å². The number of rotatable bonds is 3. The molecule has 2 aromatic heterocycles. The molecule has 3 aromatic carbocycles. The standard InChI is InChI=1S/C25H21N5O/c1-15-7-9-19(28-24(31)23-12-17-5-3-4-6-22(17)30(23)2)13-20(15)16-8-10-21-18(11-16)14-27-25(26)29-21/h3-14H,1-2H3,(H,28,31)(H2,26,27,29). The van der Waals surface area contributed by atoms with Gasteiger partial charge in [-0.15, -0.1) is 0 Å². The number of nitrogens with one attached hydrogen (secondary N) is 1. The molecule has 2 heterocycles. The second-order valence-corrected chi connectivity index (χ2v) is 7.63. The van der Waals surface area contributed by atoms with E-state index in [4.69, 9.17) is 5.73 Å². The van der Waals surface area contributed by atoms with Gasteiger partial charge in [0.25, 0.3) is 5.91 Å². The second kappa shape index (κ2) is 7.25. The first-order chi connectivity index (χ1) is 15.0. The predicted octanol–water partition coefficient (Wildman–Crippen LogP) is 4.93. The van der Waals surface area contributed by atoms with Crippen molar-refractivity contribution >= 4 is 39.3 Å². The number of nitrogens with two attached hydrogens (primary N) is 1. The lowest BCUT2D eigenvalue weighted by atomic mass is 9.98. The minimum atomic E-state index is -0.143. The molecule has 0 atom stereocenters. The van der Waals surface area contributed by atoms with Crippen LogP contribution in [-0.2, 0) is 7.05 Å². The van der Waals surface area contributed by atoms with Crippen molar-refractivity contribution in [3.8, 4) is 11.1 Å². The summed E-state index contributed by atoms with van der Waals surface area (Å²) >= 11 is 0. The topological polar surface area (TPSA) is 85.8 Å². The Morgan fingerprint density at radius 1 is 1.00 bits per heavy atom. The van der Waals surface area contributed by atoms with Crippen LogP contribution in [0.15, 0.2) is 72.9 Å². The largest absolute Gasteiger partial charge is 0.368 e. The van der Waals surface area contributed by atoms with E-state index in [1.54, 1.807) is 6.20 Å². The van der Waals surface area contributed by atoms with Crippen molar-refractivity contribution in [1.82, 2.24) is 14.5 Å². The van der Waals surface area contributed by atoms with Crippen LogP contribution in [0.4, 0.5) is 11.6 Å². The third-order valence-electron chi connectivity index (χ3n) is 5.59. The number of aromatic nitrogens is 3. The Labute approximate surface area is 179 Å². The molecule has 6 nitrogen and oxygen atoms in total. The molecule has 1 amide bonds. The van der Waals surface area contributed by atoms with Crippen LogP contribution in [0.3, 0.4) is 0 Å². The summed E-state index contributed by atoms with van der Waals surface area (Å²) in [6.07, 6.45) is 1.72. The van der Waals surface area contributed by atoms with Gasteiger partial charge < -0.3 is 15.6 Å². The van der Waals surface area contributed by atoms with Gasteiger partial charge in [0.1, 0.15) is 5.69 Å². The van der Waals surface area contributed by atoms with Crippen LogP contribution in [0.25, 0.3) is 32.9 Å². The highest BCUT2D eigenvalue weighted by molar-refractivity contribution is 6.06. The average molecular weight is 407 g/mol. The highest BCUT2D eigenvalue weighted by Gasteiger charge is 2.14. The van der Waals surface area contributed by atoms with Crippen LogP contribution in [0, 0.1) is 6.92 Å². The van der Waals surface area contributed by atoms with E-state index in [-0.39, 0.29) is 11.9 Å². The summed E-state index contributed by atoms with van der Waals surface area (Å²) in [4.78, 5) is 21.3. The zero-order valence-corrected chi connectivity index (χ0v) is 17.3. The number of carbonyl (C=O) groups is 1. The van der Waals surface area contributed by atoms with E-state index in [9.17, 15) is 4.79 Å². The Balaban J connectivity index is 1.49. The zero-order valence-electron chi connectivity index (χ0n) is 17.3. The zero-order chi connectivity index (χ0) is 21.5. The van der Waals surface area contributed by atoms with Gasteiger partial charge in [-0.05, 0) is 60.0 Å². The molecule has 152 valence electrons.